The standard InChI is InChI=1S/C25H27N3O3/c1-28(2)23-14-13-21(27-24(29)18-31-17-20-11-7-4-8-12-20)15-22(23)25(30)26-16-19-9-5-3-6-10-19/h3-15H,16-18H2,1-2H3,(H,26,30)(H,27,29). The third-order valence-electron chi connectivity index (χ3n) is 4.65. The van der Waals surface area contributed by atoms with Crippen LogP contribution < -0.4 is 15.5 Å². The highest BCUT2D eigenvalue weighted by atomic mass is 16.5. The summed E-state index contributed by atoms with van der Waals surface area (Å²) in [6.45, 7) is 0.720. The number of nitrogens with zero attached hydrogens (tertiary/aromatic N) is 1. The number of carbonyl (C=O) groups is 2. The Labute approximate surface area is 182 Å². The number of carbonyl (C=O) groups excluding carboxylic acids is 2. The van der Waals surface area contributed by atoms with Crippen LogP contribution in [0.1, 0.15) is 21.5 Å². The number of hydrogen-bond donors (Lipinski definition) is 2. The molecule has 2 amide bonds. The predicted octanol–water partition coefficient (Wildman–Crippen LogP) is 3.84. The van der Waals surface area contributed by atoms with E-state index in [-0.39, 0.29) is 18.4 Å². The molecule has 31 heavy (non-hydrogen) atoms. The van der Waals surface area contributed by atoms with Crippen molar-refractivity contribution in [3.8, 4) is 0 Å². The van der Waals surface area contributed by atoms with Gasteiger partial charge in [0, 0.05) is 32.0 Å². The molecule has 3 rings (SSSR count). The smallest absolute Gasteiger partial charge is 0.253 e. The van der Waals surface area contributed by atoms with Crippen LogP contribution in [0.4, 0.5) is 11.4 Å². The molecule has 0 aromatic heterocycles. The van der Waals surface area contributed by atoms with E-state index in [1.165, 1.54) is 0 Å². The van der Waals surface area contributed by atoms with Gasteiger partial charge in [0.25, 0.3) is 5.91 Å². The number of benzene rings is 3. The Bertz CT molecular complexity index is 1010. The Balaban J connectivity index is 1.61. The van der Waals surface area contributed by atoms with E-state index < -0.39 is 0 Å². The first-order valence-corrected chi connectivity index (χ1v) is 10.1. The maximum atomic E-state index is 12.8. The molecule has 0 radical (unpaired) electrons. The van der Waals surface area contributed by atoms with Crippen molar-refractivity contribution >= 4 is 23.2 Å². The van der Waals surface area contributed by atoms with Gasteiger partial charge in [0.15, 0.2) is 0 Å². The largest absolute Gasteiger partial charge is 0.377 e. The maximum Gasteiger partial charge on any atom is 0.253 e. The fraction of sp³-hybridized carbons (Fsp3) is 0.200. The molecule has 0 atom stereocenters. The molecule has 160 valence electrons. The molecule has 0 aliphatic rings. The Hall–Kier alpha value is -3.64. The van der Waals surface area contributed by atoms with E-state index in [1.54, 1.807) is 12.1 Å². The van der Waals surface area contributed by atoms with Crippen molar-refractivity contribution in [2.45, 2.75) is 13.2 Å². The van der Waals surface area contributed by atoms with Crippen LogP contribution in [0.3, 0.4) is 0 Å². The molecule has 0 heterocycles. The van der Waals surface area contributed by atoms with Gasteiger partial charge in [0.05, 0.1) is 12.2 Å². The van der Waals surface area contributed by atoms with E-state index in [4.69, 9.17) is 4.74 Å². The Morgan fingerprint density at radius 1 is 0.871 bits per heavy atom. The van der Waals surface area contributed by atoms with E-state index >= 15 is 0 Å². The highest BCUT2D eigenvalue weighted by Crippen LogP contribution is 2.23. The van der Waals surface area contributed by atoms with Crippen molar-refractivity contribution in [1.29, 1.82) is 0 Å². The van der Waals surface area contributed by atoms with Gasteiger partial charge in [-0.1, -0.05) is 60.7 Å². The van der Waals surface area contributed by atoms with Crippen LogP contribution in [-0.4, -0.2) is 32.5 Å². The van der Waals surface area contributed by atoms with E-state index in [9.17, 15) is 9.59 Å². The average molecular weight is 418 g/mol. The molecule has 0 saturated carbocycles. The van der Waals surface area contributed by atoms with Crippen molar-refractivity contribution in [3.63, 3.8) is 0 Å². The predicted molar refractivity (Wildman–Crippen MR) is 123 cm³/mol. The number of rotatable bonds is 9. The zero-order valence-electron chi connectivity index (χ0n) is 17.8. The summed E-state index contributed by atoms with van der Waals surface area (Å²) in [6.07, 6.45) is 0. The van der Waals surface area contributed by atoms with Gasteiger partial charge in [-0.05, 0) is 29.3 Å². The van der Waals surface area contributed by atoms with Gasteiger partial charge < -0.3 is 20.3 Å². The number of nitrogens with one attached hydrogen (secondary N) is 2. The van der Waals surface area contributed by atoms with Crippen molar-refractivity contribution < 1.29 is 14.3 Å². The van der Waals surface area contributed by atoms with Crippen LogP contribution in [0.2, 0.25) is 0 Å². The third-order valence-corrected chi connectivity index (χ3v) is 4.65. The summed E-state index contributed by atoms with van der Waals surface area (Å²) in [5, 5.41) is 5.74. The number of anilines is 2. The molecular weight excluding hydrogens is 390 g/mol. The fourth-order valence-electron chi connectivity index (χ4n) is 3.09. The van der Waals surface area contributed by atoms with Crippen LogP contribution in [0.15, 0.2) is 78.9 Å². The van der Waals surface area contributed by atoms with Crippen LogP contribution in [0.5, 0.6) is 0 Å². The molecule has 6 heteroatoms. The fourth-order valence-corrected chi connectivity index (χ4v) is 3.09. The summed E-state index contributed by atoms with van der Waals surface area (Å²) in [5.41, 5.74) is 3.82. The lowest BCUT2D eigenvalue weighted by molar-refractivity contribution is -0.121. The molecule has 2 N–H and O–H groups in total. The lowest BCUT2D eigenvalue weighted by Gasteiger charge is -2.18. The van der Waals surface area contributed by atoms with Crippen LogP contribution >= 0.6 is 0 Å². The first-order valence-electron chi connectivity index (χ1n) is 10.1. The van der Waals surface area contributed by atoms with Gasteiger partial charge in [0.2, 0.25) is 5.91 Å². The lowest BCUT2D eigenvalue weighted by Crippen LogP contribution is -2.26. The molecule has 0 saturated heterocycles. The second-order valence-corrected chi connectivity index (χ2v) is 7.32. The highest BCUT2D eigenvalue weighted by molar-refractivity contribution is 6.02. The summed E-state index contributed by atoms with van der Waals surface area (Å²) in [5.74, 6) is -0.479. The summed E-state index contributed by atoms with van der Waals surface area (Å²) < 4.78 is 5.48. The maximum absolute atomic E-state index is 12.8. The Morgan fingerprint density at radius 2 is 1.52 bits per heavy atom. The lowest BCUT2D eigenvalue weighted by atomic mass is 10.1. The molecule has 6 nitrogen and oxygen atoms in total. The van der Waals surface area contributed by atoms with Gasteiger partial charge in [-0.3, -0.25) is 9.59 Å². The second-order valence-electron chi connectivity index (χ2n) is 7.32. The van der Waals surface area contributed by atoms with Gasteiger partial charge in [-0.2, -0.15) is 0 Å². The highest BCUT2D eigenvalue weighted by Gasteiger charge is 2.15. The first-order chi connectivity index (χ1) is 15.0. The minimum atomic E-state index is -0.274. The monoisotopic (exact) mass is 417 g/mol. The van der Waals surface area contributed by atoms with E-state index in [0.717, 1.165) is 16.8 Å². The second kappa shape index (κ2) is 10.9. The molecule has 3 aromatic carbocycles. The van der Waals surface area contributed by atoms with E-state index in [2.05, 4.69) is 10.6 Å². The van der Waals surface area contributed by atoms with Crippen molar-refractivity contribution in [2.75, 3.05) is 30.9 Å². The molecule has 0 aliphatic heterocycles. The van der Waals surface area contributed by atoms with Crippen molar-refractivity contribution in [3.05, 3.63) is 95.6 Å². The van der Waals surface area contributed by atoms with Crippen molar-refractivity contribution in [1.82, 2.24) is 5.32 Å². The average Bonchev–Trinajstić information content (AvgIpc) is 2.78. The van der Waals surface area contributed by atoms with E-state index in [1.807, 2.05) is 85.7 Å². The van der Waals surface area contributed by atoms with Gasteiger partial charge >= 0.3 is 0 Å². The van der Waals surface area contributed by atoms with Crippen LogP contribution in [-0.2, 0) is 22.7 Å². The number of amides is 2. The zero-order chi connectivity index (χ0) is 22.1. The molecule has 0 fully saturated rings. The first kappa shape index (κ1) is 22.1. The van der Waals surface area contributed by atoms with Crippen LogP contribution in [0, 0.1) is 0 Å². The molecule has 0 spiro atoms. The molecule has 0 unspecified atom stereocenters. The molecular formula is C25H27N3O3. The summed E-state index contributed by atoms with van der Waals surface area (Å²) >= 11 is 0. The minimum absolute atomic E-state index is 0.0696. The third kappa shape index (κ3) is 6.69. The Morgan fingerprint density at radius 3 is 2.16 bits per heavy atom. The van der Waals surface area contributed by atoms with Crippen molar-refractivity contribution in [2.24, 2.45) is 0 Å². The Kier molecular flexibility index (Phi) is 7.79. The summed E-state index contributed by atoms with van der Waals surface area (Å²) in [7, 11) is 3.75. The van der Waals surface area contributed by atoms with Gasteiger partial charge in [-0.25, -0.2) is 0 Å². The molecule has 0 bridgehead atoms. The topological polar surface area (TPSA) is 70.7 Å². The normalized spacial score (nSPS) is 10.4. The van der Waals surface area contributed by atoms with Gasteiger partial charge in [0.1, 0.15) is 6.61 Å². The van der Waals surface area contributed by atoms with Gasteiger partial charge in [-0.15, -0.1) is 0 Å². The van der Waals surface area contributed by atoms with E-state index in [0.29, 0.717) is 24.4 Å². The number of ether oxygens (including phenoxy) is 1. The summed E-state index contributed by atoms with van der Waals surface area (Å²) in [4.78, 5) is 27.0. The summed E-state index contributed by atoms with van der Waals surface area (Å²) in [6, 6.07) is 24.7. The number of hydrogen-bond acceptors (Lipinski definition) is 4. The van der Waals surface area contributed by atoms with Crippen LogP contribution in [0.25, 0.3) is 0 Å². The molecule has 3 aromatic rings. The minimum Gasteiger partial charge on any atom is -0.377 e. The quantitative estimate of drug-likeness (QED) is 0.555. The zero-order valence-corrected chi connectivity index (χ0v) is 17.8. The SMILES string of the molecule is CN(C)c1ccc(NC(=O)COCc2ccccc2)cc1C(=O)NCc1ccccc1. The molecule has 0 aliphatic carbocycles.